The molecule has 1 aliphatic heterocycles. The summed E-state index contributed by atoms with van der Waals surface area (Å²) >= 11 is 6.08. The lowest BCUT2D eigenvalue weighted by Gasteiger charge is -2.06. The number of carbonyl (C=O) groups is 2. The van der Waals surface area contributed by atoms with Gasteiger partial charge in [0.2, 0.25) is 0 Å². The second kappa shape index (κ2) is 8.95. The molecule has 4 N–H and O–H groups in total. The number of halogens is 1. The van der Waals surface area contributed by atoms with Crippen molar-refractivity contribution in [3.63, 3.8) is 0 Å². The number of amides is 2. The lowest BCUT2D eigenvalue weighted by Crippen LogP contribution is -2.32. The average Bonchev–Trinajstić information content (AvgIpc) is 3.14. The first-order valence-electron chi connectivity index (χ1n) is 9.30. The number of H-pyrrole nitrogens is 1. The summed E-state index contributed by atoms with van der Waals surface area (Å²) < 4.78 is 0. The van der Waals surface area contributed by atoms with Crippen molar-refractivity contribution in [2.45, 2.75) is 20.3 Å². The maximum atomic E-state index is 12.6. The number of fused-ring (bicyclic) bond motifs is 1. The van der Waals surface area contributed by atoms with Crippen LogP contribution in [0.25, 0.3) is 11.6 Å². The number of anilines is 1. The highest BCUT2D eigenvalue weighted by molar-refractivity contribution is 6.36. The number of aromatic nitrogens is 1. The van der Waals surface area contributed by atoms with Crippen molar-refractivity contribution in [2.75, 3.05) is 25.0 Å². The summed E-state index contributed by atoms with van der Waals surface area (Å²) in [6.45, 7) is 5.32. The summed E-state index contributed by atoms with van der Waals surface area (Å²) in [5.41, 5.74) is 4.73. The fraction of sp³-hybridized carbons (Fsp3) is 0.286. The molecule has 1 aromatic carbocycles. The summed E-state index contributed by atoms with van der Waals surface area (Å²) in [5.74, 6) is -0.384. The zero-order valence-electron chi connectivity index (χ0n) is 16.3. The Bertz CT molecular complexity index is 1030. The van der Waals surface area contributed by atoms with Gasteiger partial charge in [0.15, 0.2) is 0 Å². The molecular formula is C21H22ClN5O2. The van der Waals surface area contributed by atoms with Crippen LogP contribution in [0.2, 0.25) is 5.02 Å². The predicted octanol–water partition coefficient (Wildman–Crippen LogP) is 3.01. The van der Waals surface area contributed by atoms with Gasteiger partial charge in [0.05, 0.1) is 17.2 Å². The summed E-state index contributed by atoms with van der Waals surface area (Å²) in [4.78, 5) is 28.2. The number of nitriles is 1. The summed E-state index contributed by atoms with van der Waals surface area (Å²) in [6, 6.07) is 7.30. The van der Waals surface area contributed by atoms with E-state index in [4.69, 9.17) is 16.9 Å². The highest BCUT2D eigenvalue weighted by Gasteiger charge is 2.25. The SMILES string of the molecule is Cc1[nH]c(C=C2C(=O)Nc3ccc(Cl)cc32)c(C)c1C(=O)NCCNCCC#N. The van der Waals surface area contributed by atoms with Crippen LogP contribution in [-0.4, -0.2) is 36.4 Å². The van der Waals surface area contributed by atoms with E-state index in [9.17, 15) is 9.59 Å². The van der Waals surface area contributed by atoms with Gasteiger partial charge in [0.25, 0.3) is 11.8 Å². The minimum absolute atomic E-state index is 0.178. The van der Waals surface area contributed by atoms with E-state index in [-0.39, 0.29) is 11.8 Å². The van der Waals surface area contributed by atoms with E-state index in [1.807, 2.05) is 13.8 Å². The standard InChI is InChI=1S/C21H22ClN5O2/c1-12-18(11-16-15-10-14(22)4-5-17(15)27-20(16)28)26-13(2)19(12)21(29)25-9-8-24-7-3-6-23/h4-5,10-11,24,26H,3,7-9H2,1-2H3,(H,25,29)(H,27,28). The molecule has 2 heterocycles. The Morgan fingerprint density at radius 1 is 1.28 bits per heavy atom. The van der Waals surface area contributed by atoms with Crippen molar-refractivity contribution in [3.8, 4) is 6.07 Å². The smallest absolute Gasteiger partial charge is 0.256 e. The summed E-state index contributed by atoms with van der Waals surface area (Å²) in [5, 5.41) is 17.8. The van der Waals surface area contributed by atoms with Crippen molar-refractivity contribution in [3.05, 3.63) is 51.3 Å². The molecule has 0 radical (unpaired) electrons. The molecule has 1 aliphatic rings. The first kappa shape index (κ1) is 20.6. The molecule has 0 fully saturated rings. The number of aromatic amines is 1. The van der Waals surface area contributed by atoms with Crippen molar-refractivity contribution in [1.82, 2.24) is 15.6 Å². The molecule has 7 nitrogen and oxygen atoms in total. The summed E-state index contributed by atoms with van der Waals surface area (Å²) in [6.07, 6.45) is 2.18. The van der Waals surface area contributed by atoms with Gasteiger partial charge < -0.3 is 20.9 Å². The van der Waals surface area contributed by atoms with Gasteiger partial charge in [-0.1, -0.05) is 11.6 Å². The highest BCUT2D eigenvalue weighted by Crippen LogP contribution is 2.35. The lowest BCUT2D eigenvalue weighted by molar-refractivity contribution is -0.110. The third-order valence-electron chi connectivity index (χ3n) is 4.76. The second-order valence-electron chi connectivity index (χ2n) is 6.78. The molecule has 3 rings (SSSR count). The fourth-order valence-corrected chi connectivity index (χ4v) is 3.50. The number of hydrogen-bond donors (Lipinski definition) is 4. The first-order valence-corrected chi connectivity index (χ1v) is 9.68. The molecule has 2 amide bonds. The van der Waals surface area contributed by atoms with Crippen LogP contribution in [0.5, 0.6) is 0 Å². The molecule has 2 aromatic rings. The van der Waals surface area contributed by atoms with Gasteiger partial charge >= 0.3 is 0 Å². The van der Waals surface area contributed by atoms with Crippen LogP contribution >= 0.6 is 11.6 Å². The largest absolute Gasteiger partial charge is 0.358 e. The van der Waals surface area contributed by atoms with Gasteiger partial charge in [-0.25, -0.2) is 0 Å². The molecule has 0 bridgehead atoms. The van der Waals surface area contributed by atoms with E-state index in [2.05, 4.69) is 27.0 Å². The van der Waals surface area contributed by atoms with E-state index in [0.29, 0.717) is 53.6 Å². The monoisotopic (exact) mass is 411 g/mol. The van der Waals surface area contributed by atoms with Crippen molar-refractivity contribution < 1.29 is 9.59 Å². The minimum atomic E-state index is -0.205. The number of nitrogens with one attached hydrogen (secondary N) is 4. The zero-order valence-corrected chi connectivity index (χ0v) is 17.0. The Kier molecular flexibility index (Phi) is 6.37. The fourth-order valence-electron chi connectivity index (χ4n) is 3.33. The van der Waals surface area contributed by atoms with Crippen LogP contribution < -0.4 is 16.0 Å². The molecule has 1 aromatic heterocycles. The predicted molar refractivity (Wildman–Crippen MR) is 114 cm³/mol. The Hall–Kier alpha value is -3.08. The van der Waals surface area contributed by atoms with Gasteiger partial charge in [-0.15, -0.1) is 0 Å². The van der Waals surface area contributed by atoms with E-state index >= 15 is 0 Å². The third kappa shape index (κ3) is 4.50. The Balaban J connectivity index is 1.78. The second-order valence-corrected chi connectivity index (χ2v) is 7.22. The van der Waals surface area contributed by atoms with Crippen LogP contribution in [0.1, 0.15) is 39.3 Å². The molecule has 29 heavy (non-hydrogen) atoms. The zero-order chi connectivity index (χ0) is 21.0. The van der Waals surface area contributed by atoms with Crippen LogP contribution in [0.15, 0.2) is 18.2 Å². The van der Waals surface area contributed by atoms with Gasteiger partial charge in [0, 0.05) is 53.7 Å². The molecule has 8 heteroatoms. The maximum absolute atomic E-state index is 12.6. The molecule has 0 saturated carbocycles. The quantitative estimate of drug-likeness (QED) is 0.414. The van der Waals surface area contributed by atoms with E-state index in [1.165, 1.54) is 0 Å². The molecule has 0 aliphatic carbocycles. The molecule has 0 unspecified atom stereocenters. The van der Waals surface area contributed by atoms with E-state index < -0.39 is 0 Å². The molecule has 0 atom stereocenters. The van der Waals surface area contributed by atoms with E-state index in [1.54, 1.807) is 24.3 Å². The summed E-state index contributed by atoms with van der Waals surface area (Å²) in [7, 11) is 0. The molecule has 150 valence electrons. The molecule has 0 spiro atoms. The Morgan fingerprint density at radius 2 is 2.07 bits per heavy atom. The van der Waals surface area contributed by atoms with Crippen LogP contribution in [0, 0.1) is 25.2 Å². The first-order chi connectivity index (χ1) is 13.9. The van der Waals surface area contributed by atoms with Gasteiger partial charge in [-0.05, 0) is 43.7 Å². The van der Waals surface area contributed by atoms with Crippen molar-refractivity contribution >= 4 is 40.8 Å². The normalized spacial score (nSPS) is 13.9. The van der Waals surface area contributed by atoms with Gasteiger partial charge in [-0.3, -0.25) is 9.59 Å². The number of benzene rings is 1. The van der Waals surface area contributed by atoms with Crippen molar-refractivity contribution in [2.24, 2.45) is 0 Å². The lowest BCUT2D eigenvalue weighted by atomic mass is 10.0. The average molecular weight is 412 g/mol. The topological polar surface area (TPSA) is 110 Å². The van der Waals surface area contributed by atoms with Gasteiger partial charge in [0.1, 0.15) is 0 Å². The number of carbonyl (C=O) groups excluding carboxylic acids is 2. The Morgan fingerprint density at radius 3 is 2.83 bits per heavy atom. The van der Waals surface area contributed by atoms with Crippen LogP contribution in [0.4, 0.5) is 5.69 Å². The van der Waals surface area contributed by atoms with Crippen LogP contribution in [-0.2, 0) is 4.79 Å². The number of hydrogen-bond acceptors (Lipinski definition) is 4. The number of aryl methyl sites for hydroxylation is 1. The van der Waals surface area contributed by atoms with Crippen molar-refractivity contribution in [1.29, 1.82) is 5.26 Å². The number of rotatable bonds is 7. The molecular weight excluding hydrogens is 390 g/mol. The van der Waals surface area contributed by atoms with E-state index in [0.717, 1.165) is 16.8 Å². The maximum Gasteiger partial charge on any atom is 0.256 e. The van der Waals surface area contributed by atoms with Crippen LogP contribution in [0.3, 0.4) is 0 Å². The minimum Gasteiger partial charge on any atom is -0.358 e. The highest BCUT2D eigenvalue weighted by atomic mass is 35.5. The molecule has 0 saturated heterocycles. The van der Waals surface area contributed by atoms with Gasteiger partial charge in [-0.2, -0.15) is 5.26 Å². The number of nitrogens with zero attached hydrogens (tertiary/aromatic N) is 1. The third-order valence-corrected chi connectivity index (χ3v) is 4.99. The Labute approximate surface area is 174 Å².